The van der Waals surface area contributed by atoms with E-state index in [0.717, 1.165) is 11.1 Å². The number of urea groups is 1. The third kappa shape index (κ3) is 4.64. The van der Waals surface area contributed by atoms with E-state index < -0.39 is 5.92 Å². The van der Waals surface area contributed by atoms with Crippen LogP contribution in [-0.2, 0) is 0 Å². The largest absolute Gasteiger partial charge is 0.323 e. The smallest absolute Gasteiger partial charge is 0.308 e. The van der Waals surface area contributed by atoms with Crippen LogP contribution in [0.2, 0.25) is 10.0 Å². The molecule has 0 bridgehead atoms. The number of halogens is 2. The fraction of sp³-hybridized carbons (Fsp3) is 0.0909. The molecule has 6 heteroatoms. The SMILES string of the molecule is Cc1cc(C(C#N)c2ccc(Cl)cc2)c(Cl)cc1NC(=O)Nc1ccccc1. The molecule has 2 amide bonds. The summed E-state index contributed by atoms with van der Waals surface area (Å²) in [5, 5.41) is 16.2. The van der Waals surface area contributed by atoms with Crippen molar-refractivity contribution in [2.75, 3.05) is 10.6 Å². The monoisotopic (exact) mass is 409 g/mol. The van der Waals surface area contributed by atoms with Crippen LogP contribution in [0.1, 0.15) is 22.6 Å². The molecule has 3 aromatic carbocycles. The van der Waals surface area contributed by atoms with Crippen LogP contribution in [0, 0.1) is 18.3 Å². The maximum atomic E-state index is 12.2. The molecule has 0 fully saturated rings. The van der Waals surface area contributed by atoms with E-state index in [1.807, 2.05) is 31.2 Å². The van der Waals surface area contributed by atoms with Crippen LogP contribution in [0.25, 0.3) is 0 Å². The summed E-state index contributed by atoms with van der Waals surface area (Å²) in [5.74, 6) is -0.532. The van der Waals surface area contributed by atoms with Crippen molar-refractivity contribution in [2.45, 2.75) is 12.8 Å². The summed E-state index contributed by atoms with van der Waals surface area (Å²) in [5.41, 5.74) is 3.55. The number of nitrogens with one attached hydrogen (secondary N) is 2. The number of benzene rings is 3. The van der Waals surface area contributed by atoms with Gasteiger partial charge in [-0.2, -0.15) is 5.26 Å². The van der Waals surface area contributed by atoms with Gasteiger partial charge in [0, 0.05) is 21.4 Å². The van der Waals surface area contributed by atoms with Gasteiger partial charge < -0.3 is 10.6 Å². The highest BCUT2D eigenvalue weighted by Crippen LogP contribution is 2.34. The summed E-state index contributed by atoms with van der Waals surface area (Å²) in [6.07, 6.45) is 0. The number of hydrogen-bond acceptors (Lipinski definition) is 2. The molecule has 0 aromatic heterocycles. The van der Waals surface area contributed by atoms with E-state index in [0.29, 0.717) is 27.0 Å². The molecule has 0 saturated heterocycles. The highest BCUT2D eigenvalue weighted by molar-refractivity contribution is 6.32. The Hall–Kier alpha value is -3.00. The number of para-hydroxylation sites is 1. The van der Waals surface area contributed by atoms with Crippen molar-refractivity contribution in [1.29, 1.82) is 5.26 Å². The van der Waals surface area contributed by atoms with Gasteiger partial charge in [0.05, 0.1) is 12.0 Å². The molecule has 1 atom stereocenters. The number of nitrogens with zero attached hydrogens (tertiary/aromatic N) is 1. The Morgan fingerprint density at radius 1 is 1.00 bits per heavy atom. The number of anilines is 2. The fourth-order valence-corrected chi connectivity index (χ4v) is 3.24. The van der Waals surface area contributed by atoms with Gasteiger partial charge in [-0.3, -0.25) is 0 Å². The topological polar surface area (TPSA) is 64.9 Å². The molecule has 0 aliphatic heterocycles. The first-order valence-corrected chi connectivity index (χ1v) is 9.31. The summed E-state index contributed by atoms with van der Waals surface area (Å²) in [6, 6.07) is 21.6. The summed E-state index contributed by atoms with van der Waals surface area (Å²) in [6.45, 7) is 1.86. The molecule has 3 rings (SSSR count). The quantitative estimate of drug-likeness (QED) is 0.509. The lowest BCUT2D eigenvalue weighted by Gasteiger charge is -2.16. The third-order valence-electron chi connectivity index (χ3n) is 4.27. The first-order chi connectivity index (χ1) is 13.5. The molecule has 0 heterocycles. The predicted octanol–water partition coefficient (Wildman–Crippen LogP) is 6.60. The highest BCUT2D eigenvalue weighted by atomic mass is 35.5. The first kappa shape index (κ1) is 19.8. The lowest BCUT2D eigenvalue weighted by atomic mass is 9.91. The maximum Gasteiger partial charge on any atom is 0.323 e. The van der Waals surface area contributed by atoms with E-state index in [1.165, 1.54) is 0 Å². The molecule has 0 aliphatic carbocycles. The lowest BCUT2D eigenvalue weighted by Crippen LogP contribution is -2.20. The van der Waals surface area contributed by atoms with E-state index >= 15 is 0 Å². The minimum atomic E-state index is -0.532. The van der Waals surface area contributed by atoms with E-state index in [-0.39, 0.29) is 6.03 Å². The lowest BCUT2D eigenvalue weighted by molar-refractivity contribution is 0.262. The Balaban J connectivity index is 1.83. The molecule has 0 radical (unpaired) electrons. The van der Waals surface area contributed by atoms with Crippen molar-refractivity contribution in [3.05, 3.63) is 93.5 Å². The van der Waals surface area contributed by atoms with Gasteiger partial charge in [0.15, 0.2) is 0 Å². The normalized spacial score (nSPS) is 11.4. The van der Waals surface area contributed by atoms with Crippen LogP contribution in [0.4, 0.5) is 16.2 Å². The third-order valence-corrected chi connectivity index (χ3v) is 4.85. The molecule has 28 heavy (non-hydrogen) atoms. The molecule has 3 aromatic rings. The zero-order valence-electron chi connectivity index (χ0n) is 15.0. The minimum absolute atomic E-state index is 0.368. The first-order valence-electron chi connectivity index (χ1n) is 8.56. The summed E-state index contributed by atoms with van der Waals surface area (Å²) in [4.78, 5) is 12.2. The van der Waals surface area contributed by atoms with Gasteiger partial charge in [-0.25, -0.2) is 4.79 Å². The second-order valence-corrected chi connectivity index (χ2v) is 7.09. The van der Waals surface area contributed by atoms with Gasteiger partial charge >= 0.3 is 6.03 Å². The van der Waals surface area contributed by atoms with Gasteiger partial charge in [0.2, 0.25) is 0 Å². The van der Waals surface area contributed by atoms with Crippen LogP contribution >= 0.6 is 23.2 Å². The standard InChI is InChI=1S/C22H17Cl2N3O/c1-14-11-18(19(13-25)15-7-9-16(23)10-8-15)20(24)12-21(14)27-22(28)26-17-5-3-2-4-6-17/h2-12,19H,1H3,(H2,26,27,28). The molecule has 0 saturated carbocycles. The van der Waals surface area contributed by atoms with Crippen molar-refractivity contribution in [3.8, 4) is 6.07 Å². The Bertz CT molecular complexity index is 1030. The van der Waals surface area contributed by atoms with Crippen LogP contribution < -0.4 is 10.6 Å². The zero-order chi connectivity index (χ0) is 20.1. The summed E-state index contributed by atoms with van der Waals surface area (Å²) < 4.78 is 0. The number of hydrogen-bond donors (Lipinski definition) is 2. The summed E-state index contributed by atoms with van der Waals surface area (Å²) >= 11 is 12.4. The van der Waals surface area contributed by atoms with Crippen molar-refractivity contribution < 1.29 is 4.79 Å². The molecular weight excluding hydrogens is 393 g/mol. The molecule has 1 unspecified atom stereocenters. The number of nitriles is 1. The van der Waals surface area contributed by atoms with Gasteiger partial charge in [-0.05, 0) is 53.9 Å². The van der Waals surface area contributed by atoms with Gasteiger partial charge in [-0.15, -0.1) is 0 Å². The molecule has 0 spiro atoms. The van der Waals surface area contributed by atoms with E-state index in [9.17, 15) is 10.1 Å². The maximum absolute atomic E-state index is 12.2. The van der Waals surface area contributed by atoms with Gasteiger partial charge in [-0.1, -0.05) is 59.6 Å². The molecule has 2 N–H and O–H groups in total. The van der Waals surface area contributed by atoms with E-state index in [1.54, 1.807) is 42.5 Å². The predicted molar refractivity (Wildman–Crippen MR) is 114 cm³/mol. The number of aryl methyl sites for hydroxylation is 1. The molecular formula is C22H17Cl2N3O. The van der Waals surface area contributed by atoms with Crippen molar-refractivity contribution in [1.82, 2.24) is 0 Å². The van der Waals surface area contributed by atoms with Gasteiger partial charge in [0.25, 0.3) is 0 Å². The van der Waals surface area contributed by atoms with Crippen molar-refractivity contribution in [2.24, 2.45) is 0 Å². The number of carbonyl (C=O) groups is 1. The Labute approximate surface area is 173 Å². The average Bonchev–Trinajstić information content (AvgIpc) is 2.68. The second kappa shape index (κ2) is 8.79. The van der Waals surface area contributed by atoms with Gasteiger partial charge in [0.1, 0.15) is 0 Å². The number of rotatable bonds is 4. The zero-order valence-corrected chi connectivity index (χ0v) is 16.6. The van der Waals surface area contributed by atoms with Crippen LogP contribution in [-0.4, -0.2) is 6.03 Å². The Kier molecular flexibility index (Phi) is 6.20. The van der Waals surface area contributed by atoms with E-state index in [4.69, 9.17) is 23.2 Å². The summed E-state index contributed by atoms with van der Waals surface area (Å²) in [7, 11) is 0. The fourth-order valence-electron chi connectivity index (χ4n) is 2.84. The van der Waals surface area contributed by atoms with Crippen LogP contribution in [0.3, 0.4) is 0 Å². The Morgan fingerprint density at radius 3 is 2.32 bits per heavy atom. The number of amides is 2. The minimum Gasteiger partial charge on any atom is -0.308 e. The number of carbonyl (C=O) groups excluding carboxylic acids is 1. The average molecular weight is 410 g/mol. The van der Waals surface area contributed by atoms with Crippen molar-refractivity contribution in [3.63, 3.8) is 0 Å². The van der Waals surface area contributed by atoms with Crippen molar-refractivity contribution >= 4 is 40.6 Å². The Morgan fingerprint density at radius 2 is 1.68 bits per heavy atom. The van der Waals surface area contributed by atoms with Crippen LogP contribution in [0.5, 0.6) is 0 Å². The molecule has 0 aliphatic rings. The molecule has 140 valence electrons. The van der Waals surface area contributed by atoms with E-state index in [2.05, 4.69) is 16.7 Å². The molecule has 4 nitrogen and oxygen atoms in total. The van der Waals surface area contributed by atoms with Crippen LogP contribution in [0.15, 0.2) is 66.7 Å². The highest BCUT2D eigenvalue weighted by Gasteiger charge is 2.19. The second-order valence-electron chi connectivity index (χ2n) is 6.25.